The summed E-state index contributed by atoms with van der Waals surface area (Å²) in [6, 6.07) is 16.1. The maximum absolute atomic E-state index is 12.8. The molecule has 0 aliphatic heterocycles. The van der Waals surface area contributed by atoms with Gasteiger partial charge in [0.25, 0.3) is 0 Å². The molecule has 180 valence electrons. The van der Waals surface area contributed by atoms with Crippen molar-refractivity contribution in [1.82, 2.24) is 19.1 Å². The zero-order chi connectivity index (χ0) is 24.7. The fraction of sp³-hybridized carbons (Fsp3) is 0.261. The lowest BCUT2D eigenvalue weighted by Gasteiger charge is -2.14. The molecule has 1 amide bonds. The van der Waals surface area contributed by atoms with Gasteiger partial charge in [-0.15, -0.1) is 28.5 Å². The Labute approximate surface area is 208 Å². The van der Waals surface area contributed by atoms with E-state index in [4.69, 9.17) is 0 Å². The van der Waals surface area contributed by atoms with Crippen LogP contribution in [0.5, 0.6) is 0 Å². The van der Waals surface area contributed by atoms with Crippen molar-refractivity contribution in [3.8, 4) is 0 Å². The molecule has 3 aromatic rings. The lowest BCUT2D eigenvalue weighted by atomic mass is 10.3. The predicted molar refractivity (Wildman–Crippen MR) is 137 cm³/mol. The van der Waals surface area contributed by atoms with E-state index < -0.39 is 15.3 Å². The number of anilines is 1. The van der Waals surface area contributed by atoms with Crippen LogP contribution in [0, 0.1) is 0 Å². The largest absolute Gasteiger partial charge is 0.325 e. The number of carbonyl (C=O) groups is 1. The van der Waals surface area contributed by atoms with E-state index in [1.807, 2.05) is 34.9 Å². The van der Waals surface area contributed by atoms with Crippen molar-refractivity contribution < 1.29 is 13.2 Å². The molecule has 0 saturated heterocycles. The number of aromatic nitrogens is 3. The second-order valence-electron chi connectivity index (χ2n) is 7.46. The number of nitrogens with zero attached hydrogens (tertiary/aromatic N) is 4. The summed E-state index contributed by atoms with van der Waals surface area (Å²) >= 11 is 2.98. The molecule has 1 unspecified atom stereocenters. The molecule has 1 N–H and O–H groups in total. The molecule has 0 radical (unpaired) electrons. The highest BCUT2D eigenvalue weighted by Crippen LogP contribution is 2.27. The van der Waals surface area contributed by atoms with Crippen molar-refractivity contribution in [2.24, 2.45) is 0 Å². The molecule has 0 aliphatic rings. The van der Waals surface area contributed by atoms with Gasteiger partial charge in [0.15, 0.2) is 5.16 Å². The van der Waals surface area contributed by atoms with Crippen LogP contribution in [0.1, 0.15) is 12.7 Å². The Morgan fingerprint density at radius 1 is 1.15 bits per heavy atom. The monoisotopic (exact) mass is 517 g/mol. The second-order valence-corrected chi connectivity index (χ2v) is 12.0. The number of sulfonamides is 1. The minimum atomic E-state index is -3.52. The molecular weight excluding hydrogens is 490 g/mol. The van der Waals surface area contributed by atoms with E-state index in [1.165, 1.54) is 38.0 Å². The summed E-state index contributed by atoms with van der Waals surface area (Å²) < 4.78 is 27.5. The molecule has 0 spiro atoms. The topological polar surface area (TPSA) is 97.2 Å². The molecule has 1 atom stereocenters. The maximum atomic E-state index is 12.8. The van der Waals surface area contributed by atoms with E-state index in [9.17, 15) is 13.2 Å². The minimum absolute atomic E-state index is 0.163. The number of benzene rings is 2. The van der Waals surface area contributed by atoms with Crippen LogP contribution in [-0.2, 0) is 27.1 Å². The summed E-state index contributed by atoms with van der Waals surface area (Å²) in [7, 11) is -0.575. The van der Waals surface area contributed by atoms with Crippen molar-refractivity contribution in [1.29, 1.82) is 0 Å². The average molecular weight is 518 g/mol. The van der Waals surface area contributed by atoms with Gasteiger partial charge in [0.05, 0.1) is 15.9 Å². The quantitative estimate of drug-likeness (QED) is 0.302. The molecule has 0 aliphatic carbocycles. The Morgan fingerprint density at radius 2 is 1.82 bits per heavy atom. The number of hydrogen-bond donors (Lipinski definition) is 1. The molecule has 1 aromatic heterocycles. The summed E-state index contributed by atoms with van der Waals surface area (Å²) in [5.74, 6) is 1.23. The van der Waals surface area contributed by atoms with Crippen molar-refractivity contribution in [3.05, 3.63) is 73.1 Å². The zero-order valence-electron chi connectivity index (χ0n) is 19.2. The summed E-state index contributed by atoms with van der Waals surface area (Å²) in [6.45, 7) is 6.15. The molecule has 34 heavy (non-hydrogen) atoms. The molecule has 0 bridgehead atoms. The fourth-order valence-electron chi connectivity index (χ4n) is 2.87. The summed E-state index contributed by atoms with van der Waals surface area (Å²) in [4.78, 5) is 14.1. The van der Waals surface area contributed by atoms with Crippen molar-refractivity contribution in [3.63, 3.8) is 0 Å². The van der Waals surface area contributed by atoms with Crippen molar-refractivity contribution in [2.75, 3.05) is 19.4 Å². The standard InChI is InChI=1S/C23H27N5O3S3/c1-5-15-28-21(16-32-19-9-7-6-8-10-19)25-26-23(28)33-17(2)22(29)24-18-11-13-20(14-12-18)34(30,31)27(3)4/h5-14,17H,1,15-16H2,2-4H3,(H,24,29). The first kappa shape index (κ1) is 26.0. The lowest BCUT2D eigenvalue weighted by Crippen LogP contribution is -2.23. The Bertz CT molecular complexity index is 1230. The Morgan fingerprint density at radius 3 is 2.44 bits per heavy atom. The van der Waals surface area contributed by atoms with Crippen LogP contribution >= 0.6 is 23.5 Å². The first-order valence-corrected chi connectivity index (χ1v) is 13.7. The molecular formula is C23H27N5O3S3. The van der Waals surface area contributed by atoms with Crippen LogP contribution in [0.25, 0.3) is 0 Å². The Hall–Kier alpha value is -2.60. The number of nitrogens with one attached hydrogen (secondary N) is 1. The number of hydrogen-bond acceptors (Lipinski definition) is 7. The molecule has 11 heteroatoms. The van der Waals surface area contributed by atoms with Gasteiger partial charge in [0.1, 0.15) is 5.82 Å². The van der Waals surface area contributed by atoms with Crippen LogP contribution < -0.4 is 5.32 Å². The number of carbonyl (C=O) groups excluding carboxylic acids is 1. The second kappa shape index (κ2) is 11.7. The van der Waals surface area contributed by atoms with Gasteiger partial charge < -0.3 is 9.88 Å². The van der Waals surface area contributed by atoms with Crippen LogP contribution in [0.4, 0.5) is 5.69 Å². The van der Waals surface area contributed by atoms with E-state index >= 15 is 0 Å². The van der Waals surface area contributed by atoms with Gasteiger partial charge >= 0.3 is 0 Å². The zero-order valence-corrected chi connectivity index (χ0v) is 21.7. The van der Waals surface area contributed by atoms with Crippen LogP contribution in [-0.4, -0.2) is 52.7 Å². The highest BCUT2D eigenvalue weighted by Gasteiger charge is 2.21. The number of allylic oxidation sites excluding steroid dienone is 1. The number of rotatable bonds is 11. The van der Waals surface area contributed by atoms with Gasteiger partial charge in [-0.3, -0.25) is 4.79 Å². The molecule has 8 nitrogen and oxygen atoms in total. The van der Waals surface area contributed by atoms with Gasteiger partial charge in [0, 0.05) is 31.2 Å². The summed E-state index contributed by atoms with van der Waals surface area (Å²) in [5, 5.41) is 11.6. The predicted octanol–water partition coefficient (Wildman–Crippen LogP) is 4.13. The lowest BCUT2D eigenvalue weighted by molar-refractivity contribution is -0.115. The minimum Gasteiger partial charge on any atom is -0.325 e. The highest BCUT2D eigenvalue weighted by atomic mass is 32.2. The average Bonchev–Trinajstić information content (AvgIpc) is 3.20. The van der Waals surface area contributed by atoms with E-state index in [1.54, 1.807) is 36.9 Å². The molecule has 0 saturated carbocycles. The van der Waals surface area contributed by atoms with Gasteiger partial charge in [-0.1, -0.05) is 36.0 Å². The third kappa shape index (κ3) is 6.50. The van der Waals surface area contributed by atoms with E-state index in [-0.39, 0.29) is 10.8 Å². The molecule has 2 aromatic carbocycles. The van der Waals surface area contributed by atoms with Crippen LogP contribution in [0.3, 0.4) is 0 Å². The Balaban J connectivity index is 1.65. The van der Waals surface area contributed by atoms with Crippen molar-refractivity contribution >= 4 is 45.1 Å². The third-order valence-electron chi connectivity index (χ3n) is 4.77. The Kier molecular flexibility index (Phi) is 8.95. The van der Waals surface area contributed by atoms with Crippen LogP contribution in [0.2, 0.25) is 0 Å². The fourth-order valence-corrected chi connectivity index (χ4v) is 5.50. The van der Waals surface area contributed by atoms with E-state index in [0.29, 0.717) is 23.1 Å². The van der Waals surface area contributed by atoms with E-state index in [0.717, 1.165) is 15.0 Å². The highest BCUT2D eigenvalue weighted by molar-refractivity contribution is 8.00. The normalized spacial score (nSPS) is 12.5. The van der Waals surface area contributed by atoms with Gasteiger partial charge in [-0.05, 0) is 43.3 Å². The first-order chi connectivity index (χ1) is 16.2. The van der Waals surface area contributed by atoms with Crippen LogP contribution in [0.15, 0.2) is 82.2 Å². The summed E-state index contributed by atoms with van der Waals surface area (Å²) in [6.07, 6.45) is 1.78. The smallest absolute Gasteiger partial charge is 0.242 e. The first-order valence-electron chi connectivity index (χ1n) is 10.4. The number of thioether (sulfide) groups is 2. The van der Waals surface area contributed by atoms with Crippen molar-refractivity contribution in [2.45, 2.75) is 39.4 Å². The molecule has 0 fully saturated rings. The maximum Gasteiger partial charge on any atom is 0.242 e. The third-order valence-corrected chi connectivity index (χ3v) is 8.69. The molecule has 3 rings (SSSR count). The summed E-state index contributed by atoms with van der Waals surface area (Å²) in [5.41, 5.74) is 0.516. The number of amides is 1. The SMILES string of the molecule is C=CCn1c(CSc2ccccc2)nnc1SC(C)C(=O)Nc1ccc(S(=O)(=O)N(C)C)cc1. The van der Waals surface area contributed by atoms with Gasteiger partial charge in [-0.2, -0.15) is 0 Å². The van der Waals surface area contributed by atoms with Gasteiger partial charge in [0.2, 0.25) is 15.9 Å². The van der Waals surface area contributed by atoms with E-state index in [2.05, 4.69) is 22.1 Å². The van der Waals surface area contributed by atoms with Gasteiger partial charge in [-0.25, -0.2) is 12.7 Å². The molecule has 1 heterocycles.